The van der Waals surface area contributed by atoms with Crippen molar-refractivity contribution in [1.82, 2.24) is 0 Å². The van der Waals surface area contributed by atoms with Gasteiger partial charge in [-0.3, -0.25) is 0 Å². The Labute approximate surface area is 108 Å². The van der Waals surface area contributed by atoms with Crippen LogP contribution < -0.4 is 9.79 Å². The number of hydrogen-bond donors (Lipinski definition) is 0. The first kappa shape index (κ1) is 16.0. The molecule has 0 atom stereocenters. The van der Waals surface area contributed by atoms with Crippen LogP contribution in [-0.4, -0.2) is 0 Å². The minimum absolute atomic E-state index is 1.26. The van der Waals surface area contributed by atoms with Gasteiger partial charge in [0.25, 0.3) is 0 Å². The van der Waals surface area contributed by atoms with E-state index < -0.39 is 8.25 Å². The molecule has 0 fully saturated rings. The zero-order valence-electron chi connectivity index (χ0n) is 9.35. The van der Waals surface area contributed by atoms with Crippen LogP contribution >= 0.6 is 8.25 Å². The molecule has 0 aliphatic heterocycles. The topological polar surface area (TPSA) is 63.2 Å². The van der Waals surface area contributed by atoms with Gasteiger partial charge in [0.1, 0.15) is 0 Å². The van der Waals surface area contributed by atoms with E-state index in [-0.39, 0.29) is 0 Å². The molecule has 0 saturated heterocycles. The first-order chi connectivity index (χ1) is 7.66. The summed E-state index contributed by atoms with van der Waals surface area (Å²) in [5.41, 5.74) is 1.49. The summed E-state index contributed by atoms with van der Waals surface area (Å²) in [4.78, 5) is 17.0. The molecular weight excluding hydrogens is 276 g/mol. The van der Waals surface area contributed by atoms with Gasteiger partial charge in [-0.1, -0.05) is 8.25 Å². The van der Waals surface area contributed by atoms with Gasteiger partial charge in [-0.25, -0.2) is 0 Å². The third-order valence-electron chi connectivity index (χ3n) is 2.06. The van der Waals surface area contributed by atoms with Crippen molar-refractivity contribution in [3.05, 3.63) is 35.9 Å². The second-order valence-corrected chi connectivity index (χ2v) is 5.38. The summed E-state index contributed by atoms with van der Waals surface area (Å²) in [6.07, 6.45) is 5.48. The van der Waals surface area contributed by atoms with Crippen molar-refractivity contribution in [2.24, 2.45) is 0 Å². The quantitative estimate of drug-likeness (QED) is 0.469. The molecule has 1 rings (SSSR count). The molecule has 16 heavy (non-hydrogen) atoms. The molecule has 1 aromatic carbocycles. The van der Waals surface area contributed by atoms with E-state index in [9.17, 15) is 0 Å². The van der Waals surface area contributed by atoms with E-state index in [4.69, 9.17) is 14.4 Å². The Morgan fingerprint density at radius 3 is 2.12 bits per heavy atom. The maximum absolute atomic E-state index is 8.52. The Balaban J connectivity index is 0.000000487. The Morgan fingerprint density at radius 1 is 1.06 bits per heavy atom. The van der Waals surface area contributed by atoms with Crippen LogP contribution in [0.2, 0.25) is 5.02 Å². The predicted molar refractivity (Wildman–Crippen MR) is 57.8 cm³/mol. The standard InChI is InChI=1S/C11H15.H3O3P.Zn/c1-2-3-5-8-11-9-6-4-7-10-11;1-4(2)3;/h4,6-7,9-10H,1-3,5,8H2;4H,(H2,1,2,3);/q;;+2/p-2. The molecule has 3 nitrogen and oxygen atoms in total. The monoisotopic (exact) mass is 291 g/mol. The molecule has 0 aromatic heterocycles. The fourth-order valence-electron chi connectivity index (χ4n) is 1.33. The van der Waals surface area contributed by atoms with Crippen molar-refractivity contribution in [3.63, 3.8) is 0 Å². The van der Waals surface area contributed by atoms with Gasteiger partial charge < -0.3 is 14.4 Å². The van der Waals surface area contributed by atoms with Crippen LogP contribution in [0.5, 0.6) is 0 Å². The van der Waals surface area contributed by atoms with Gasteiger partial charge in [-0.05, 0) is 0 Å². The van der Waals surface area contributed by atoms with E-state index >= 15 is 0 Å². The van der Waals surface area contributed by atoms with E-state index in [1.165, 1.54) is 54.6 Å². The molecule has 0 unspecified atom stereocenters. The van der Waals surface area contributed by atoms with Crippen LogP contribution in [-0.2, 0) is 29.3 Å². The fraction of sp³-hybridized carbons (Fsp3) is 0.455. The number of unbranched alkanes of at least 4 members (excludes halogenated alkanes) is 2. The molecule has 0 N–H and O–H groups in total. The summed E-state index contributed by atoms with van der Waals surface area (Å²) in [5.74, 6) is 0. The molecule has 0 heterocycles. The SMILES string of the molecule is O=[PH]([O-])[O-].[Zn+2][CH2]CCCCc1ccccc1. The molecule has 0 spiro atoms. The Morgan fingerprint density at radius 2 is 1.62 bits per heavy atom. The third kappa shape index (κ3) is 12.1. The van der Waals surface area contributed by atoms with Gasteiger partial charge in [0.05, 0.1) is 0 Å². The normalized spacial score (nSPS) is 9.81. The average molecular weight is 293 g/mol. The van der Waals surface area contributed by atoms with Gasteiger partial charge >= 0.3 is 84.9 Å². The van der Waals surface area contributed by atoms with Crippen molar-refractivity contribution < 1.29 is 32.7 Å². The van der Waals surface area contributed by atoms with Gasteiger partial charge in [-0.2, -0.15) is 0 Å². The van der Waals surface area contributed by atoms with Crippen molar-refractivity contribution in [2.45, 2.75) is 30.7 Å². The van der Waals surface area contributed by atoms with Crippen molar-refractivity contribution in [2.75, 3.05) is 0 Å². The van der Waals surface area contributed by atoms with Crippen molar-refractivity contribution >= 4 is 8.25 Å². The van der Waals surface area contributed by atoms with Crippen molar-refractivity contribution in [1.29, 1.82) is 0 Å². The molecule has 0 bridgehead atoms. The van der Waals surface area contributed by atoms with Gasteiger partial charge in [0.2, 0.25) is 0 Å². The molecular formula is C11H16O3PZn. The predicted octanol–water partition coefficient (Wildman–Crippen LogP) is 1.46. The fourth-order valence-corrected chi connectivity index (χ4v) is 2.07. The van der Waals surface area contributed by atoms with E-state index in [0.717, 1.165) is 0 Å². The van der Waals surface area contributed by atoms with E-state index in [1.54, 1.807) is 0 Å². The second kappa shape index (κ2) is 11.5. The summed E-state index contributed by atoms with van der Waals surface area (Å²) in [6, 6.07) is 10.8. The first-order valence-corrected chi connectivity index (χ1v) is 8.70. The Bertz CT molecular complexity index is 276. The van der Waals surface area contributed by atoms with Crippen LogP contribution in [0.1, 0.15) is 24.8 Å². The molecule has 0 radical (unpaired) electrons. The van der Waals surface area contributed by atoms with E-state index in [2.05, 4.69) is 30.3 Å². The summed E-state index contributed by atoms with van der Waals surface area (Å²) in [5, 5.41) is 1.45. The van der Waals surface area contributed by atoms with Crippen LogP contribution in [0.15, 0.2) is 30.3 Å². The van der Waals surface area contributed by atoms with Crippen molar-refractivity contribution in [3.8, 4) is 0 Å². The Kier molecular flexibility index (Phi) is 11.5. The van der Waals surface area contributed by atoms with E-state index in [0.29, 0.717) is 0 Å². The van der Waals surface area contributed by atoms with Gasteiger partial charge in [-0.15, -0.1) is 0 Å². The molecule has 5 heteroatoms. The summed E-state index contributed by atoms with van der Waals surface area (Å²) in [6.45, 7) is 0. The zero-order chi connectivity index (χ0) is 12.2. The van der Waals surface area contributed by atoms with E-state index in [1.807, 2.05) is 0 Å². The molecule has 0 amide bonds. The minimum atomic E-state index is -3.63. The summed E-state index contributed by atoms with van der Waals surface area (Å²) < 4.78 is 8.52. The van der Waals surface area contributed by atoms with Crippen LogP contribution in [0.3, 0.4) is 0 Å². The first-order valence-electron chi connectivity index (χ1n) is 5.38. The maximum atomic E-state index is 8.52. The number of benzene rings is 1. The third-order valence-corrected chi connectivity index (χ3v) is 3.11. The van der Waals surface area contributed by atoms with Gasteiger partial charge in [0.15, 0.2) is 0 Å². The second-order valence-electron chi connectivity index (χ2n) is 3.40. The zero-order valence-corrected chi connectivity index (χ0v) is 13.3. The van der Waals surface area contributed by atoms with Crippen LogP contribution in [0.4, 0.5) is 0 Å². The number of hydrogen-bond acceptors (Lipinski definition) is 3. The molecule has 1 aromatic rings. The molecule has 85 valence electrons. The summed E-state index contributed by atoms with van der Waals surface area (Å²) >= 11 is 1.46. The van der Waals surface area contributed by atoms with Gasteiger partial charge in [0, 0.05) is 0 Å². The number of rotatable bonds is 5. The van der Waals surface area contributed by atoms with Crippen LogP contribution in [0.25, 0.3) is 0 Å². The summed E-state index contributed by atoms with van der Waals surface area (Å²) in [7, 11) is -3.63. The van der Waals surface area contributed by atoms with Crippen LogP contribution in [0, 0.1) is 0 Å². The molecule has 0 saturated carbocycles. The number of aryl methyl sites for hydroxylation is 1. The molecule has 0 aliphatic rings. The average Bonchev–Trinajstić information content (AvgIpc) is 2.25. The Hall–Kier alpha value is -0.00662. The molecule has 0 aliphatic carbocycles.